The second-order valence-corrected chi connectivity index (χ2v) is 7.41. The van der Waals surface area contributed by atoms with E-state index in [4.69, 9.17) is 9.84 Å². The number of carboxylic acid groups (broad SMARTS) is 1. The second-order valence-electron chi connectivity index (χ2n) is 6.50. The maximum Gasteiger partial charge on any atom is 0.335 e. The number of nitrogens with one attached hydrogen (secondary N) is 1. The number of rotatable bonds is 7. The molecule has 0 heterocycles. The SMILES string of the molecule is N#CC(=Cc1ccc(OCc2cccc(C(=O)O)c2)cc1)C(=O)Nc1cccc(Br)c1. The molecule has 0 radical (unpaired) electrons. The molecule has 6 nitrogen and oxygen atoms in total. The average molecular weight is 477 g/mol. The molecule has 0 aliphatic carbocycles. The van der Waals surface area contributed by atoms with Gasteiger partial charge >= 0.3 is 5.97 Å². The maximum atomic E-state index is 12.4. The van der Waals surface area contributed by atoms with Crippen molar-refractivity contribution in [2.75, 3.05) is 5.32 Å². The molecule has 0 saturated carbocycles. The third kappa shape index (κ3) is 6.29. The van der Waals surface area contributed by atoms with Crippen LogP contribution in [0.3, 0.4) is 0 Å². The van der Waals surface area contributed by atoms with Crippen molar-refractivity contribution in [2.24, 2.45) is 0 Å². The number of ether oxygens (including phenoxy) is 1. The van der Waals surface area contributed by atoms with Crippen LogP contribution in [0.1, 0.15) is 21.5 Å². The molecule has 0 saturated heterocycles. The van der Waals surface area contributed by atoms with Gasteiger partial charge in [0.15, 0.2) is 0 Å². The fourth-order valence-corrected chi connectivity index (χ4v) is 3.10. The van der Waals surface area contributed by atoms with E-state index in [2.05, 4.69) is 21.2 Å². The van der Waals surface area contributed by atoms with Gasteiger partial charge in [0, 0.05) is 10.2 Å². The first kappa shape index (κ1) is 21.8. The Kier molecular flexibility index (Phi) is 7.20. The fraction of sp³-hybridized carbons (Fsp3) is 0.0417. The van der Waals surface area contributed by atoms with Crippen molar-refractivity contribution in [2.45, 2.75) is 6.61 Å². The lowest BCUT2D eigenvalue weighted by atomic mass is 10.1. The van der Waals surface area contributed by atoms with E-state index in [0.29, 0.717) is 17.0 Å². The summed E-state index contributed by atoms with van der Waals surface area (Å²) >= 11 is 3.34. The van der Waals surface area contributed by atoms with E-state index in [1.807, 2.05) is 12.1 Å². The van der Waals surface area contributed by atoms with E-state index >= 15 is 0 Å². The first-order valence-electron chi connectivity index (χ1n) is 9.18. The standard InChI is InChI=1S/C24H17BrN2O4/c25-20-5-2-6-21(13-20)27-23(28)19(14-26)11-16-7-9-22(10-8-16)31-15-17-3-1-4-18(12-17)24(29)30/h1-13H,15H2,(H,27,28)(H,29,30). The van der Waals surface area contributed by atoms with Gasteiger partial charge in [0.1, 0.15) is 24.0 Å². The number of carbonyl (C=O) groups is 2. The molecule has 3 aromatic carbocycles. The number of carboxylic acids is 1. The van der Waals surface area contributed by atoms with Crippen LogP contribution in [0.4, 0.5) is 5.69 Å². The fourth-order valence-electron chi connectivity index (χ4n) is 2.70. The van der Waals surface area contributed by atoms with E-state index in [1.54, 1.807) is 60.7 Å². The van der Waals surface area contributed by atoms with E-state index in [0.717, 1.165) is 10.0 Å². The van der Waals surface area contributed by atoms with Gasteiger partial charge in [0.05, 0.1) is 5.56 Å². The molecule has 2 N–H and O–H groups in total. The monoisotopic (exact) mass is 476 g/mol. The smallest absolute Gasteiger partial charge is 0.335 e. The molecule has 0 spiro atoms. The topological polar surface area (TPSA) is 99.4 Å². The third-order valence-corrected chi connectivity index (χ3v) is 4.71. The lowest BCUT2D eigenvalue weighted by Crippen LogP contribution is -2.13. The van der Waals surface area contributed by atoms with Crippen LogP contribution in [0, 0.1) is 11.3 Å². The lowest BCUT2D eigenvalue weighted by Gasteiger charge is -2.08. The molecular formula is C24H17BrN2O4. The highest BCUT2D eigenvalue weighted by molar-refractivity contribution is 9.10. The van der Waals surface area contributed by atoms with Crippen molar-refractivity contribution in [1.82, 2.24) is 0 Å². The minimum absolute atomic E-state index is 0.0286. The molecule has 0 unspecified atom stereocenters. The highest BCUT2D eigenvalue weighted by Crippen LogP contribution is 2.19. The van der Waals surface area contributed by atoms with Gasteiger partial charge in [-0.05, 0) is 59.7 Å². The number of carbonyl (C=O) groups excluding carboxylic acids is 1. The molecule has 0 bridgehead atoms. The number of nitriles is 1. The highest BCUT2D eigenvalue weighted by Gasteiger charge is 2.10. The minimum Gasteiger partial charge on any atom is -0.489 e. The van der Waals surface area contributed by atoms with Crippen molar-refractivity contribution >= 4 is 39.6 Å². The van der Waals surface area contributed by atoms with Gasteiger partial charge in [-0.2, -0.15) is 5.26 Å². The van der Waals surface area contributed by atoms with Crippen LogP contribution < -0.4 is 10.1 Å². The summed E-state index contributed by atoms with van der Waals surface area (Å²) in [5.74, 6) is -0.913. The van der Waals surface area contributed by atoms with Crippen LogP contribution >= 0.6 is 15.9 Å². The molecule has 0 aromatic heterocycles. The summed E-state index contributed by atoms with van der Waals surface area (Å²) in [6.07, 6.45) is 1.49. The number of benzene rings is 3. The number of nitrogens with zero attached hydrogens (tertiary/aromatic N) is 1. The Morgan fingerprint density at radius 2 is 1.81 bits per heavy atom. The zero-order chi connectivity index (χ0) is 22.2. The van der Waals surface area contributed by atoms with E-state index < -0.39 is 11.9 Å². The van der Waals surface area contributed by atoms with Crippen molar-refractivity contribution in [3.63, 3.8) is 0 Å². The molecule has 31 heavy (non-hydrogen) atoms. The van der Waals surface area contributed by atoms with Gasteiger partial charge in [-0.25, -0.2) is 4.79 Å². The number of aromatic carboxylic acids is 1. The van der Waals surface area contributed by atoms with Gasteiger partial charge in [-0.1, -0.05) is 46.3 Å². The van der Waals surface area contributed by atoms with E-state index in [9.17, 15) is 14.9 Å². The Labute approximate surface area is 187 Å². The van der Waals surface area contributed by atoms with E-state index in [1.165, 1.54) is 12.1 Å². The van der Waals surface area contributed by atoms with Crippen LogP contribution in [0.25, 0.3) is 6.08 Å². The number of halogens is 1. The summed E-state index contributed by atoms with van der Waals surface area (Å²) in [6, 6.07) is 22.4. The van der Waals surface area contributed by atoms with Crippen LogP contribution in [0.5, 0.6) is 5.75 Å². The van der Waals surface area contributed by atoms with Crippen LogP contribution in [-0.2, 0) is 11.4 Å². The first-order valence-corrected chi connectivity index (χ1v) is 9.98. The summed E-state index contributed by atoms with van der Waals surface area (Å²) in [7, 11) is 0. The number of amides is 1. The highest BCUT2D eigenvalue weighted by atomic mass is 79.9. The third-order valence-electron chi connectivity index (χ3n) is 4.22. The quantitative estimate of drug-likeness (QED) is 0.357. The number of anilines is 1. The van der Waals surface area contributed by atoms with Crippen molar-refractivity contribution in [3.05, 3.63) is 99.5 Å². The van der Waals surface area contributed by atoms with Crippen LogP contribution in [0.2, 0.25) is 0 Å². The Morgan fingerprint density at radius 3 is 2.48 bits per heavy atom. The average Bonchev–Trinajstić information content (AvgIpc) is 2.77. The normalized spacial score (nSPS) is 10.8. The predicted octanol–water partition coefficient (Wildman–Crippen LogP) is 5.27. The minimum atomic E-state index is -0.991. The van der Waals surface area contributed by atoms with Gasteiger partial charge < -0.3 is 15.2 Å². The van der Waals surface area contributed by atoms with Gasteiger partial charge in [-0.15, -0.1) is 0 Å². The molecule has 0 aliphatic heterocycles. The second kappa shape index (κ2) is 10.2. The summed E-state index contributed by atoms with van der Waals surface area (Å²) < 4.78 is 6.51. The summed E-state index contributed by atoms with van der Waals surface area (Å²) in [4.78, 5) is 23.4. The molecule has 7 heteroatoms. The molecule has 0 fully saturated rings. The summed E-state index contributed by atoms with van der Waals surface area (Å²) in [5, 5.41) is 21.1. The van der Waals surface area contributed by atoms with Crippen molar-refractivity contribution < 1.29 is 19.4 Å². The lowest BCUT2D eigenvalue weighted by molar-refractivity contribution is -0.112. The predicted molar refractivity (Wildman–Crippen MR) is 121 cm³/mol. The molecule has 0 aliphatic rings. The van der Waals surface area contributed by atoms with Crippen LogP contribution in [-0.4, -0.2) is 17.0 Å². The molecule has 154 valence electrons. The summed E-state index contributed by atoms with van der Waals surface area (Å²) in [6.45, 7) is 0.217. The summed E-state index contributed by atoms with van der Waals surface area (Å²) in [5.41, 5.74) is 2.16. The number of hydrogen-bond donors (Lipinski definition) is 2. The number of hydrogen-bond acceptors (Lipinski definition) is 4. The van der Waals surface area contributed by atoms with Crippen molar-refractivity contribution in [1.29, 1.82) is 5.26 Å². The van der Waals surface area contributed by atoms with Crippen LogP contribution in [0.15, 0.2) is 82.8 Å². The zero-order valence-corrected chi connectivity index (χ0v) is 17.8. The molecule has 3 rings (SSSR count). The Morgan fingerprint density at radius 1 is 1.06 bits per heavy atom. The first-order chi connectivity index (χ1) is 14.9. The molecule has 0 atom stereocenters. The largest absolute Gasteiger partial charge is 0.489 e. The van der Waals surface area contributed by atoms with Gasteiger partial charge in [0.2, 0.25) is 0 Å². The maximum absolute atomic E-state index is 12.4. The zero-order valence-electron chi connectivity index (χ0n) is 16.2. The van der Waals surface area contributed by atoms with Crippen molar-refractivity contribution in [3.8, 4) is 11.8 Å². The molecule has 3 aromatic rings. The van der Waals surface area contributed by atoms with Gasteiger partial charge in [0.25, 0.3) is 5.91 Å². The Hall–Kier alpha value is -3.89. The Bertz CT molecular complexity index is 1180. The molecular weight excluding hydrogens is 460 g/mol. The van der Waals surface area contributed by atoms with Gasteiger partial charge in [-0.3, -0.25) is 4.79 Å². The Balaban J connectivity index is 1.65. The molecule has 1 amide bonds. The van der Waals surface area contributed by atoms with E-state index in [-0.39, 0.29) is 17.7 Å².